The van der Waals surface area contributed by atoms with Gasteiger partial charge in [0.25, 0.3) is 0 Å². The first-order valence-electron chi connectivity index (χ1n) is 3.18. The first-order chi connectivity index (χ1) is 5.33. The van der Waals surface area contributed by atoms with Crippen LogP contribution in [0, 0.1) is 18.3 Å². The number of nitriles is 1. The van der Waals surface area contributed by atoms with Gasteiger partial charge in [0.15, 0.2) is 0 Å². The molecule has 0 aliphatic carbocycles. The molecule has 1 heterocycles. The van der Waals surface area contributed by atoms with Crippen molar-refractivity contribution in [2.45, 2.75) is 6.92 Å². The van der Waals surface area contributed by atoms with Gasteiger partial charge in [0.1, 0.15) is 5.82 Å². The van der Waals surface area contributed by atoms with Crippen LogP contribution in [0.5, 0.6) is 0 Å². The summed E-state index contributed by atoms with van der Waals surface area (Å²) in [4.78, 5) is 7.92. The van der Waals surface area contributed by atoms with Crippen molar-refractivity contribution >= 4 is 6.08 Å². The van der Waals surface area contributed by atoms with Crippen LogP contribution < -0.4 is 0 Å². The summed E-state index contributed by atoms with van der Waals surface area (Å²) in [5.74, 6) is 0.735. The van der Waals surface area contributed by atoms with Crippen molar-refractivity contribution in [3.63, 3.8) is 0 Å². The summed E-state index contributed by atoms with van der Waals surface area (Å²) in [6.45, 7) is 1.82. The lowest BCUT2D eigenvalue weighted by molar-refractivity contribution is 1.05. The zero-order valence-electron chi connectivity index (χ0n) is 6.15. The lowest BCUT2D eigenvalue weighted by Gasteiger charge is -1.90. The van der Waals surface area contributed by atoms with E-state index in [-0.39, 0.29) is 0 Å². The molecular formula is C8H7N3. The first kappa shape index (κ1) is 7.42. The van der Waals surface area contributed by atoms with E-state index >= 15 is 0 Å². The maximum absolute atomic E-state index is 8.20. The van der Waals surface area contributed by atoms with Gasteiger partial charge in [-0.3, -0.25) is 0 Å². The van der Waals surface area contributed by atoms with Crippen molar-refractivity contribution in [2.75, 3.05) is 0 Å². The SMILES string of the molecule is Cc1ncc(C=CC#N)cn1. The zero-order valence-corrected chi connectivity index (χ0v) is 6.15. The van der Waals surface area contributed by atoms with Crippen molar-refractivity contribution in [1.29, 1.82) is 5.26 Å². The highest BCUT2D eigenvalue weighted by atomic mass is 14.8. The fraction of sp³-hybridized carbons (Fsp3) is 0.125. The Morgan fingerprint density at radius 1 is 1.45 bits per heavy atom. The van der Waals surface area contributed by atoms with E-state index in [1.54, 1.807) is 18.5 Å². The third-order valence-corrected chi connectivity index (χ3v) is 1.15. The summed E-state index contributed by atoms with van der Waals surface area (Å²) in [6.07, 6.45) is 6.42. The van der Waals surface area contributed by atoms with Crippen LogP contribution in [0.25, 0.3) is 6.08 Å². The molecule has 0 fully saturated rings. The average Bonchev–Trinajstić information content (AvgIpc) is 2.04. The second kappa shape index (κ2) is 3.47. The monoisotopic (exact) mass is 145 g/mol. The van der Waals surface area contributed by atoms with Gasteiger partial charge in [-0.05, 0) is 13.0 Å². The van der Waals surface area contributed by atoms with E-state index in [0.717, 1.165) is 11.4 Å². The Kier molecular flexibility index (Phi) is 2.34. The van der Waals surface area contributed by atoms with Gasteiger partial charge in [-0.2, -0.15) is 5.26 Å². The van der Waals surface area contributed by atoms with Crippen molar-refractivity contribution in [3.05, 3.63) is 29.9 Å². The smallest absolute Gasteiger partial charge is 0.125 e. The molecule has 0 aromatic carbocycles. The summed E-state index contributed by atoms with van der Waals surface area (Å²) >= 11 is 0. The van der Waals surface area contributed by atoms with Gasteiger partial charge in [0.2, 0.25) is 0 Å². The van der Waals surface area contributed by atoms with Crippen molar-refractivity contribution in [3.8, 4) is 6.07 Å². The Hall–Kier alpha value is -1.69. The van der Waals surface area contributed by atoms with E-state index in [4.69, 9.17) is 5.26 Å². The quantitative estimate of drug-likeness (QED) is 0.560. The molecule has 0 radical (unpaired) electrons. The number of hydrogen-bond donors (Lipinski definition) is 0. The molecule has 0 N–H and O–H groups in total. The van der Waals surface area contributed by atoms with Crippen LogP contribution in [0.2, 0.25) is 0 Å². The summed E-state index contributed by atoms with van der Waals surface area (Å²) in [7, 11) is 0. The normalized spacial score (nSPS) is 9.82. The average molecular weight is 145 g/mol. The lowest BCUT2D eigenvalue weighted by Crippen LogP contribution is -1.85. The van der Waals surface area contributed by atoms with E-state index in [2.05, 4.69) is 9.97 Å². The van der Waals surface area contributed by atoms with E-state index in [1.165, 1.54) is 6.08 Å². The van der Waals surface area contributed by atoms with Gasteiger partial charge in [-0.15, -0.1) is 0 Å². The second-order valence-corrected chi connectivity index (χ2v) is 2.03. The van der Waals surface area contributed by atoms with Crippen molar-refractivity contribution < 1.29 is 0 Å². The number of nitrogens with zero attached hydrogens (tertiary/aromatic N) is 3. The van der Waals surface area contributed by atoms with Crippen LogP contribution in [-0.4, -0.2) is 9.97 Å². The molecule has 0 atom stereocenters. The molecule has 1 rings (SSSR count). The standard InChI is InChI=1S/C8H7N3/c1-7-10-5-8(6-11-7)3-2-4-9/h2-3,5-6H,1H3. The van der Waals surface area contributed by atoms with Gasteiger partial charge < -0.3 is 0 Å². The maximum Gasteiger partial charge on any atom is 0.125 e. The van der Waals surface area contributed by atoms with Crippen LogP contribution >= 0.6 is 0 Å². The topological polar surface area (TPSA) is 49.6 Å². The molecule has 0 saturated carbocycles. The van der Waals surface area contributed by atoms with Crippen molar-refractivity contribution in [2.24, 2.45) is 0 Å². The fourth-order valence-corrected chi connectivity index (χ4v) is 0.622. The number of allylic oxidation sites excluding steroid dienone is 1. The Labute approximate surface area is 65.0 Å². The van der Waals surface area contributed by atoms with Crippen LogP contribution in [0.4, 0.5) is 0 Å². The Bertz CT molecular complexity index is 292. The predicted molar refractivity (Wildman–Crippen MR) is 41.4 cm³/mol. The van der Waals surface area contributed by atoms with Crippen LogP contribution in [0.15, 0.2) is 18.5 Å². The van der Waals surface area contributed by atoms with Crippen molar-refractivity contribution in [1.82, 2.24) is 9.97 Å². The van der Waals surface area contributed by atoms with Gasteiger partial charge in [0.05, 0.1) is 6.07 Å². The molecule has 0 amide bonds. The molecule has 0 aliphatic rings. The molecule has 0 spiro atoms. The van der Waals surface area contributed by atoms with E-state index < -0.39 is 0 Å². The molecule has 1 aromatic rings. The highest BCUT2D eigenvalue weighted by molar-refractivity contribution is 5.49. The minimum absolute atomic E-state index is 0.735. The molecular weight excluding hydrogens is 138 g/mol. The van der Waals surface area contributed by atoms with Crippen LogP contribution in [0.3, 0.4) is 0 Å². The molecule has 54 valence electrons. The van der Waals surface area contributed by atoms with Gasteiger partial charge in [-0.1, -0.05) is 0 Å². The third-order valence-electron chi connectivity index (χ3n) is 1.15. The Balaban J connectivity index is 2.84. The summed E-state index contributed by atoms with van der Waals surface area (Å²) in [5.41, 5.74) is 0.845. The van der Waals surface area contributed by atoms with Crippen LogP contribution in [-0.2, 0) is 0 Å². The van der Waals surface area contributed by atoms with Gasteiger partial charge in [-0.25, -0.2) is 9.97 Å². The Morgan fingerprint density at radius 2 is 2.09 bits per heavy atom. The summed E-state index contributed by atoms with van der Waals surface area (Å²) in [6, 6.07) is 1.89. The van der Waals surface area contributed by atoms with E-state index in [9.17, 15) is 0 Å². The Morgan fingerprint density at radius 3 is 2.64 bits per heavy atom. The number of aryl methyl sites for hydroxylation is 1. The number of aromatic nitrogens is 2. The van der Waals surface area contributed by atoms with Gasteiger partial charge >= 0.3 is 0 Å². The molecule has 0 unspecified atom stereocenters. The minimum atomic E-state index is 0.735. The third kappa shape index (κ3) is 2.18. The van der Waals surface area contributed by atoms with Crippen LogP contribution in [0.1, 0.15) is 11.4 Å². The maximum atomic E-state index is 8.20. The molecule has 0 aliphatic heterocycles. The molecule has 3 heteroatoms. The highest BCUT2D eigenvalue weighted by Crippen LogP contribution is 1.97. The first-order valence-corrected chi connectivity index (χ1v) is 3.18. The highest BCUT2D eigenvalue weighted by Gasteiger charge is 1.86. The predicted octanol–water partition coefficient (Wildman–Crippen LogP) is 1.32. The van der Waals surface area contributed by atoms with E-state index in [0.29, 0.717) is 0 Å². The summed E-state index contributed by atoms with van der Waals surface area (Å²) in [5, 5.41) is 8.20. The number of hydrogen-bond acceptors (Lipinski definition) is 3. The molecule has 11 heavy (non-hydrogen) atoms. The summed E-state index contributed by atoms with van der Waals surface area (Å²) < 4.78 is 0. The van der Waals surface area contributed by atoms with Gasteiger partial charge in [0, 0.05) is 24.0 Å². The molecule has 0 bridgehead atoms. The molecule has 0 saturated heterocycles. The minimum Gasteiger partial charge on any atom is -0.241 e. The second-order valence-electron chi connectivity index (χ2n) is 2.03. The zero-order chi connectivity index (χ0) is 8.10. The van der Waals surface area contributed by atoms with E-state index in [1.807, 2.05) is 13.0 Å². The largest absolute Gasteiger partial charge is 0.241 e. The number of rotatable bonds is 1. The lowest BCUT2D eigenvalue weighted by atomic mass is 10.3. The molecule has 3 nitrogen and oxygen atoms in total. The molecule has 1 aromatic heterocycles. The fourth-order valence-electron chi connectivity index (χ4n) is 0.622.